The molecule has 4 heteroatoms. The molecular formula is C14H27N3O. The summed E-state index contributed by atoms with van der Waals surface area (Å²) in [6.45, 7) is 1.64. The van der Waals surface area contributed by atoms with E-state index >= 15 is 0 Å². The molecule has 0 saturated heterocycles. The number of nitrogens with zero attached hydrogens (tertiary/aromatic N) is 1. The minimum Gasteiger partial charge on any atom is -0.376 e. The fraction of sp³-hybridized carbons (Fsp3) is 0.929. The Morgan fingerprint density at radius 3 is 2.44 bits per heavy atom. The first kappa shape index (κ1) is 13.7. The van der Waals surface area contributed by atoms with E-state index in [1.54, 1.807) is 0 Å². The van der Waals surface area contributed by atoms with E-state index in [1.807, 2.05) is 7.05 Å². The molecule has 0 unspecified atom stereocenters. The third-order valence-corrected chi connectivity index (χ3v) is 3.69. The number of aliphatic imine (C=N–C) groups is 1. The first-order chi connectivity index (χ1) is 8.88. The number of hydrogen-bond acceptors (Lipinski definition) is 2. The Balaban J connectivity index is 1.53. The fourth-order valence-electron chi connectivity index (χ4n) is 2.42. The van der Waals surface area contributed by atoms with Gasteiger partial charge in [0.25, 0.3) is 0 Å². The van der Waals surface area contributed by atoms with Crippen molar-refractivity contribution < 1.29 is 4.74 Å². The molecule has 18 heavy (non-hydrogen) atoms. The molecule has 0 heterocycles. The van der Waals surface area contributed by atoms with Gasteiger partial charge >= 0.3 is 0 Å². The summed E-state index contributed by atoms with van der Waals surface area (Å²) >= 11 is 0. The summed E-state index contributed by atoms with van der Waals surface area (Å²) < 4.78 is 5.93. The van der Waals surface area contributed by atoms with E-state index in [4.69, 9.17) is 4.74 Å². The van der Waals surface area contributed by atoms with Gasteiger partial charge in [0.05, 0.1) is 12.7 Å². The van der Waals surface area contributed by atoms with Crippen LogP contribution >= 0.6 is 0 Å². The molecule has 0 aromatic carbocycles. The van der Waals surface area contributed by atoms with Gasteiger partial charge < -0.3 is 15.4 Å². The van der Waals surface area contributed by atoms with Crippen molar-refractivity contribution in [2.75, 3.05) is 20.2 Å². The van der Waals surface area contributed by atoms with Crippen molar-refractivity contribution in [2.45, 2.75) is 63.5 Å². The summed E-state index contributed by atoms with van der Waals surface area (Å²) in [5, 5.41) is 6.68. The maximum atomic E-state index is 5.93. The lowest BCUT2D eigenvalue weighted by Gasteiger charge is -2.16. The zero-order valence-corrected chi connectivity index (χ0v) is 11.6. The highest BCUT2D eigenvalue weighted by Crippen LogP contribution is 2.19. The lowest BCUT2D eigenvalue weighted by molar-refractivity contribution is 0.0468. The zero-order valence-electron chi connectivity index (χ0n) is 11.6. The van der Waals surface area contributed by atoms with Gasteiger partial charge in [0, 0.05) is 19.6 Å². The third kappa shape index (κ3) is 5.25. The molecule has 0 aromatic heterocycles. The molecule has 104 valence electrons. The van der Waals surface area contributed by atoms with E-state index in [-0.39, 0.29) is 0 Å². The SMILES string of the molecule is CN=C(NCCOC1CCCCCC1)NC1CC1. The number of nitrogens with one attached hydrogen (secondary N) is 2. The Morgan fingerprint density at radius 1 is 1.11 bits per heavy atom. The van der Waals surface area contributed by atoms with E-state index in [2.05, 4.69) is 15.6 Å². The van der Waals surface area contributed by atoms with Gasteiger partial charge in [0.1, 0.15) is 0 Å². The zero-order chi connectivity index (χ0) is 12.6. The van der Waals surface area contributed by atoms with Crippen molar-refractivity contribution in [3.05, 3.63) is 0 Å². The van der Waals surface area contributed by atoms with Crippen molar-refractivity contribution in [2.24, 2.45) is 4.99 Å². The van der Waals surface area contributed by atoms with Crippen LogP contribution in [0, 0.1) is 0 Å². The fourth-order valence-corrected chi connectivity index (χ4v) is 2.42. The van der Waals surface area contributed by atoms with Crippen LogP contribution in [-0.2, 0) is 4.74 Å². The third-order valence-electron chi connectivity index (χ3n) is 3.69. The van der Waals surface area contributed by atoms with Crippen LogP contribution in [0.25, 0.3) is 0 Å². The van der Waals surface area contributed by atoms with E-state index in [0.717, 1.165) is 19.1 Å². The van der Waals surface area contributed by atoms with E-state index in [1.165, 1.54) is 51.4 Å². The molecular weight excluding hydrogens is 226 g/mol. The second kappa shape index (κ2) is 7.62. The highest BCUT2D eigenvalue weighted by Gasteiger charge is 2.22. The van der Waals surface area contributed by atoms with Crippen LogP contribution in [0.15, 0.2) is 4.99 Å². The van der Waals surface area contributed by atoms with Crippen molar-refractivity contribution in [3.8, 4) is 0 Å². The summed E-state index contributed by atoms with van der Waals surface area (Å²) in [5.74, 6) is 0.918. The lowest BCUT2D eigenvalue weighted by Crippen LogP contribution is -2.40. The molecule has 2 fully saturated rings. The van der Waals surface area contributed by atoms with Gasteiger partial charge in [-0.15, -0.1) is 0 Å². The Labute approximate surface area is 111 Å². The molecule has 2 saturated carbocycles. The molecule has 2 rings (SSSR count). The average Bonchev–Trinajstić information content (AvgIpc) is 3.20. The smallest absolute Gasteiger partial charge is 0.191 e. The standard InChI is InChI=1S/C14H27N3O/c1-15-14(17-12-8-9-12)16-10-11-18-13-6-4-2-3-5-7-13/h12-13H,2-11H2,1H3,(H2,15,16,17). The topological polar surface area (TPSA) is 45.7 Å². The molecule has 2 aliphatic rings. The molecule has 2 N–H and O–H groups in total. The monoisotopic (exact) mass is 253 g/mol. The highest BCUT2D eigenvalue weighted by atomic mass is 16.5. The van der Waals surface area contributed by atoms with Crippen molar-refractivity contribution in [3.63, 3.8) is 0 Å². The Kier molecular flexibility index (Phi) is 5.78. The van der Waals surface area contributed by atoms with E-state index in [0.29, 0.717) is 12.1 Å². The lowest BCUT2D eigenvalue weighted by atomic mass is 10.1. The first-order valence-corrected chi connectivity index (χ1v) is 7.47. The van der Waals surface area contributed by atoms with Crippen molar-refractivity contribution in [1.29, 1.82) is 0 Å². The van der Waals surface area contributed by atoms with Crippen LogP contribution in [-0.4, -0.2) is 38.3 Å². The van der Waals surface area contributed by atoms with Gasteiger partial charge in [0.2, 0.25) is 0 Å². The minimum absolute atomic E-state index is 0.493. The average molecular weight is 253 g/mol. The van der Waals surface area contributed by atoms with Crippen LogP contribution in [0.5, 0.6) is 0 Å². The van der Waals surface area contributed by atoms with Gasteiger partial charge in [-0.2, -0.15) is 0 Å². The number of hydrogen-bond donors (Lipinski definition) is 2. The molecule has 0 aromatic rings. The number of guanidine groups is 1. The van der Waals surface area contributed by atoms with Crippen molar-refractivity contribution in [1.82, 2.24) is 10.6 Å². The summed E-state index contributed by atoms with van der Waals surface area (Å²) in [6, 6.07) is 0.652. The first-order valence-electron chi connectivity index (χ1n) is 7.47. The van der Waals surface area contributed by atoms with Crippen LogP contribution in [0.4, 0.5) is 0 Å². The van der Waals surface area contributed by atoms with Gasteiger partial charge in [-0.05, 0) is 25.7 Å². The predicted molar refractivity (Wildman–Crippen MR) is 75.0 cm³/mol. The van der Waals surface area contributed by atoms with Crippen molar-refractivity contribution >= 4 is 5.96 Å². The van der Waals surface area contributed by atoms with Gasteiger partial charge in [-0.25, -0.2) is 0 Å². The van der Waals surface area contributed by atoms with Crippen LogP contribution in [0.3, 0.4) is 0 Å². The maximum absolute atomic E-state index is 5.93. The molecule has 0 atom stereocenters. The number of ether oxygens (including phenoxy) is 1. The largest absolute Gasteiger partial charge is 0.376 e. The summed E-state index contributed by atoms with van der Waals surface area (Å²) in [5.41, 5.74) is 0. The Bertz CT molecular complexity index is 256. The molecule has 0 amide bonds. The molecule has 4 nitrogen and oxygen atoms in total. The second-order valence-electron chi connectivity index (χ2n) is 5.40. The quantitative estimate of drug-likeness (QED) is 0.341. The van der Waals surface area contributed by atoms with Gasteiger partial charge in [-0.1, -0.05) is 25.7 Å². The maximum Gasteiger partial charge on any atom is 0.191 e. The van der Waals surface area contributed by atoms with Gasteiger partial charge in [0.15, 0.2) is 5.96 Å². The Hall–Kier alpha value is -0.770. The molecule has 2 aliphatic carbocycles. The molecule has 0 bridgehead atoms. The summed E-state index contributed by atoms with van der Waals surface area (Å²) in [6.07, 6.45) is 11.0. The van der Waals surface area contributed by atoms with Crippen LogP contribution in [0.2, 0.25) is 0 Å². The highest BCUT2D eigenvalue weighted by molar-refractivity contribution is 5.80. The predicted octanol–water partition coefficient (Wildman–Crippen LogP) is 2.05. The normalized spacial score (nSPS) is 22.6. The van der Waals surface area contributed by atoms with E-state index in [9.17, 15) is 0 Å². The molecule has 0 aliphatic heterocycles. The number of rotatable bonds is 5. The van der Waals surface area contributed by atoms with Crippen LogP contribution < -0.4 is 10.6 Å². The van der Waals surface area contributed by atoms with E-state index < -0.39 is 0 Å². The molecule has 0 radical (unpaired) electrons. The minimum atomic E-state index is 0.493. The Morgan fingerprint density at radius 2 is 1.83 bits per heavy atom. The summed E-state index contributed by atoms with van der Waals surface area (Å²) in [7, 11) is 1.82. The second-order valence-corrected chi connectivity index (χ2v) is 5.40. The van der Waals surface area contributed by atoms with Gasteiger partial charge in [-0.3, -0.25) is 4.99 Å². The molecule has 0 spiro atoms. The summed E-state index contributed by atoms with van der Waals surface area (Å²) in [4.78, 5) is 4.21. The van der Waals surface area contributed by atoms with Crippen LogP contribution in [0.1, 0.15) is 51.4 Å².